The molecule has 36 heavy (non-hydrogen) atoms. The molecule has 1 aromatic carbocycles. The fourth-order valence-electron chi connectivity index (χ4n) is 5.11. The van der Waals surface area contributed by atoms with Gasteiger partial charge in [-0.25, -0.2) is 4.98 Å². The maximum absolute atomic E-state index is 5.88. The van der Waals surface area contributed by atoms with Gasteiger partial charge in [0.15, 0.2) is 5.11 Å². The van der Waals surface area contributed by atoms with E-state index in [9.17, 15) is 0 Å². The van der Waals surface area contributed by atoms with Crippen LogP contribution >= 0.6 is 12.2 Å². The van der Waals surface area contributed by atoms with Crippen LogP contribution in [0, 0.1) is 20.8 Å². The number of aromatic nitrogens is 3. The van der Waals surface area contributed by atoms with Crippen LogP contribution in [0.5, 0.6) is 0 Å². The van der Waals surface area contributed by atoms with E-state index >= 15 is 0 Å². The van der Waals surface area contributed by atoms with Crippen molar-refractivity contribution in [3.05, 3.63) is 107 Å². The van der Waals surface area contributed by atoms with Gasteiger partial charge in [0.05, 0.1) is 17.8 Å². The molecule has 6 nitrogen and oxygen atoms in total. The second kappa shape index (κ2) is 10.5. The molecular weight excluding hydrogens is 464 g/mol. The summed E-state index contributed by atoms with van der Waals surface area (Å²) in [5.74, 6) is 0.942. The number of rotatable bonds is 8. The quantitative estimate of drug-likeness (QED) is 0.242. The van der Waals surface area contributed by atoms with E-state index in [1.54, 1.807) is 0 Å². The maximum atomic E-state index is 5.88. The highest BCUT2D eigenvalue weighted by Crippen LogP contribution is 2.41. The molecule has 2 N–H and O–H groups in total. The van der Waals surface area contributed by atoms with E-state index in [0.717, 1.165) is 47.5 Å². The number of para-hydroxylation sites is 1. The van der Waals surface area contributed by atoms with Crippen molar-refractivity contribution in [3.8, 4) is 5.82 Å². The standard InChI is InChI=1S/C29H32N6S/c1-20-13-16-32-26(18-20)35-21(2)19-24(22(35)3)28-27(25-12-7-8-14-31-25)33-29(36)34(28)17-9-15-30-23-10-5-4-6-11-23/h4-8,10-14,16,18-19,27-28,30H,9,15,17H2,1-3H3,(H,33,36). The minimum absolute atomic E-state index is 0.0276. The SMILES string of the molecule is Cc1ccnc(-n2c(C)cc(C3C(c4ccccn4)NC(=S)N3CCCNc3ccccc3)c2C)c1. The summed E-state index contributed by atoms with van der Waals surface area (Å²) in [7, 11) is 0. The average molecular weight is 497 g/mol. The maximum Gasteiger partial charge on any atom is 0.170 e. The highest BCUT2D eigenvalue weighted by molar-refractivity contribution is 7.80. The Balaban J connectivity index is 1.46. The minimum Gasteiger partial charge on any atom is -0.385 e. The van der Waals surface area contributed by atoms with E-state index in [-0.39, 0.29) is 12.1 Å². The monoisotopic (exact) mass is 496 g/mol. The highest BCUT2D eigenvalue weighted by atomic mass is 32.1. The van der Waals surface area contributed by atoms with Crippen molar-refractivity contribution in [2.45, 2.75) is 39.3 Å². The molecule has 1 aliphatic rings. The van der Waals surface area contributed by atoms with Crippen molar-refractivity contribution >= 4 is 23.0 Å². The van der Waals surface area contributed by atoms with Crippen molar-refractivity contribution in [2.24, 2.45) is 0 Å². The average Bonchev–Trinajstić information content (AvgIpc) is 3.37. The molecule has 2 atom stereocenters. The third-order valence-electron chi connectivity index (χ3n) is 6.80. The number of aryl methyl sites for hydroxylation is 2. The lowest BCUT2D eigenvalue weighted by atomic mass is 9.96. The largest absolute Gasteiger partial charge is 0.385 e. The Morgan fingerprint density at radius 3 is 2.50 bits per heavy atom. The molecule has 1 saturated heterocycles. The fraction of sp³-hybridized carbons (Fsp3) is 0.276. The molecule has 4 heterocycles. The first-order valence-electron chi connectivity index (χ1n) is 12.4. The lowest BCUT2D eigenvalue weighted by molar-refractivity contribution is 0.315. The van der Waals surface area contributed by atoms with Gasteiger partial charge < -0.3 is 20.1 Å². The summed E-state index contributed by atoms with van der Waals surface area (Å²) in [6.45, 7) is 8.13. The summed E-state index contributed by atoms with van der Waals surface area (Å²) in [6.07, 6.45) is 4.68. The summed E-state index contributed by atoms with van der Waals surface area (Å²) in [5, 5.41) is 7.87. The number of hydrogen-bond donors (Lipinski definition) is 2. The molecule has 0 saturated carbocycles. The van der Waals surface area contributed by atoms with Gasteiger partial charge in [0.2, 0.25) is 0 Å². The predicted octanol–water partition coefficient (Wildman–Crippen LogP) is 5.67. The van der Waals surface area contributed by atoms with Gasteiger partial charge in [0.25, 0.3) is 0 Å². The van der Waals surface area contributed by atoms with Crippen LogP contribution in [-0.4, -0.2) is 37.6 Å². The lowest BCUT2D eigenvalue weighted by Crippen LogP contribution is -2.31. The third-order valence-corrected chi connectivity index (χ3v) is 7.15. The van der Waals surface area contributed by atoms with E-state index in [1.807, 2.05) is 48.8 Å². The first-order valence-corrected chi connectivity index (χ1v) is 12.8. The topological polar surface area (TPSA) is 58.0 Å². The first-order chi connectivity index (χ1) is 17.5. The van der Waals surface area contributed by atoms with E-state index in [4.69, 9.17) is 12.2 Å². The number of thiocarbonyl (C=S) groups is 1. The second-order valence-electron chi connectivity index (χ2n) is 9.32. The molecule has 5 rings (SSSR count). The zero-order valence-corrected chi connectivity index (χ0v) is 21.8. The molecule has 7 heteroatoms. The van der Waals surface area contributed by atoms with Crippen molar-refractivity contribution in [1.29, 1.82) is 0 Å². The van der Waals surface area contributed by atoms with Crippen molar-refractivity contribution in [3.63, 3.8) is 0 Å². The molecule has 2 unspecified atom stereocenters. The van der Waals surface area contributed by atoms with Crippen LogP contribution in [0.4, 0.5) is 5.69 Å². The number of nitrogens with zero attached hydrogens (tertiary/aromatic N) is 4. The molecule has 0 amide bonds. The van der Waals surface area contributed by atoms with Crippen molar-refractivity contribution in [2.75, 3.05) is 18.4 Å². The van der Waals surface area contributed by atoms with Gasteiger partial charge in [-0.3, -0.25) is 4.98 Å². The van der Waals surface area contributed by atoms with Crippen LogP contribution in [0.2, 0.25) is 0 Å². The van der Waals surface area contributed by atoms with Crippen LogP contribution in [0.25, 0.3) is 5.82 Å². The molecular formula is C29H32N6S. The number of hydrogen-bond acceptors (Lipinski definition) is 4. The molecule has 4 aromatic rings. The lowest BCUT2D eigenvalue weighted by Gasteiger charge is -2.28. The van der Waals surface area contributed by atoms with Crippen LogP contribution in [0.1, 0.15) is 46.7 Å². The first kappa shape index (κ1) is 24.0. The second-order valence-corrected chi connectivity index (χ2v) is 9.71. The fourth-order valence-corrected chi connectivity index (χ4v) is 5.44. The Labute approximate surface area is 218 Å². The summed E-state index contributed by atoms with van der Waals surface area (Å²) in [4.78, 5) is 11.7. The van der Waals surface area contributed by atoms with Gasteiger partial charge in [-0.15, -0.1) is 0 Å². The van der Waals surface area contributed by atoms with Crippen LogP contribution in [0.15, 0.2) is 79.1 Å². The third kappa shape index (κ3) is 4.84. The molecule has 1 fully saturated rings. The van der Waals surface area contributed by atoms with E-state index in [1.165, 1.54) is 16.8 Å². The minimum atomic E-state index is -0.0276. The van der Waals surface area contributed by atoms with Crippen LogP contribution < -0.4 is 10.6 Å². The Morgan fingerprint density at radius 1 is 0.944 bits per heavy atom. The molecule has 184 valence electrons. The number of nitrogens with one attached hydrogen (secondary N) is 2. The summed E-state index contributed by atoms with van der Waals surface area (Å²) < 4.78 is 2.24. The van der Waals surface area contributed by atoms with Crippen molar-refractivity contribution < 1.29 is 0 Å². The van der Waals surface area contributed by atoms with E-state index < -0.39 is 0 Å². The molecule has 0 aliphatic carbocycles. The molecule has 3 aromatic heterocycles. The smallest absolute Gasteiger partial charge is 0.170 e. The number of benzene rings is 1. The number of anilines is 1. The Hall–Kier alpha value is -3.71. The summed E-state index contributed by atoms with van der Waals surface area (Å²) in [6, 6.07) is 22.8. The van der Waals surface area contributed by atoms with Crippen LogP contribution in [0.3, 0.4) is 0 Å². The van der Waals surface area contributed by atoms with Gasteiger partial charge >= 0.3 is 0 Å². The van der Waals surface area contributed by atoms with E-state index in [0.29, 0.717) is 0 Å². The number of pyridine rings is 2. The van der Waals surface area contributed by atoms with Gasteiger partial charge in [-0.2, -0.15) is 0 Å². The molecule has 0 radical (unpaired) electrons. The zero-order valence-electron chi connectivity index (χ0n) is 21.0. The zero-order chi connectivity index (χ0) is 25.1. The summed E-state index contributed by atoms with van der Waals surface area (Å²) in [5.41, 5.74) is 6.90. The molecule has 0 spiro atoms. The Kier molecular flexibility index (Phi) is 7.00. The summed E-state index contributed by atoms with van der Waals surface area (Å²) >= 11 is 5.88. The predicted molar refractivity (Wildman–Crippen MR) is 149 cm³/mol. The molecule has 0 bridgehead atoms. The van der Waals surface area contributed by atoms with Gasteiger partial charge in [-0.05, 0) is 93.0 Å². The Morgan fingerprint density at radius 2 is 1.75 bits per heavy atom. The van der Waals surface area contributed by atoms with Gasteiger partial charge in [0.1, 0.15) is 5.82 Å². The normalized spacial score (nSPS) is 17.3. The van der Waals surface area contributed by atoms with Gasteiger partial charge in [0, 0.05) is 42.6 Å². The van der Waals surface area contributed by atoms with Crippen LogP contribution in [-0.2, 0) is 0 Å². The highest BCUT2D eigenvalue weighted by Gasteiger charge is 2.41. The Bertz CT molecular complexity index is 1330. The van der Waals surface area contributed by atoms with Gasteiger partial charge in [-0.1, -0.05) is 24.3 Å². The molecule has 1 aliphatic heterocycles. The van der Waals surface area contributed by atoms with E-state index in [2.05, 4.69) is 81.2 Å². The van der Waals surface area contributed by atoms with Crippen molar-refractivity contribution in [1.82, 2.24) is 24.8 Å².